The lowest BCUT2D eigenvalue weighted by Crippen LogP contribution is -2.40. The number of nitrogens with zero attached hydrogens (tertiary/aromatic N) is 2. The lowest BCUT2D eigenvalue weighted by Gasteiger charge is -2.25. The molecule has 0 aliphatic carbocycles. The fourth-order valence-electron chi connectivity index (χ4n) is 1.75. The molecule has 0 bridgehead atoms. The topological polar surface area (TPSA) is 39.7 Å². The van der Waals surface area contributed by atoms with Crippen molar-refractivity contribution in [2.75, 3.05) is 34.7 Å². The Hall–Kier alpha value is -1.55. The number of likely N-dealkylation sites (N-methyl/N-ethyl adjacent to an activating group) is 1. The second kappa shape index (κ2) is 6.91. The lowest BCUT2D eigenvalue weighted by molar-refractivity contribution is 0.298. The van der Waals surface area contributed by atoms with Crippen molar-refractivity contribution in [1.82, 2.24) is 15.5 Å². The molecule has 0 fully saturated rings. The van der Waals surface area contributed by atoms with Gasteiger partial charge in [0.15, 0.2) is 5.96 Å². The molecule has 0 radical (unpaired) electrons. The highest BCUT2D eigenvalue weighted by Gasteiger charge is 2.13. The molecule has 0 saturated heterocycles. The Morgan fingerprint density at radius 2 is 1.94 bits per heavy atom. The highest BCUT2D eigenvalue weighted by Crippen LogP contribution is 2.16. The monoisotopic (exact) mass is 234 g/mol. The van der Waals surface area contributed by atoms with Crippen molar-refractivity contribution in [3.05, 3.63) is 35.9 Å². The molecule has 0 spiro atoms. The van der Waals surface area contributed by atoms with E-state index < -0.39 is 0 Å². The zero-order valence-electron chi connectivity index (χ0n) is 11.1. The van der Waals surface area contributed by atoms with Crippen LogP contribution in [0.1, 0.15) is 11.6 Å². The number of hydrogen-bond donors (Lipinski definition) is 2. The Labute approximate surface area is 104 Å². The zero-order valence-corrected chi connectivity index (χ0v) is 11.1. The first-order chi connectivity index (χ1) is 8.19. The molecule has 0 heterocycles. The molecular weight excluding hydrogens is 212 g/mol. The summed E-state index contributed by atoms with van der Waals surface area (Å²) in [6, 6.07) is 10.8. The summed E-state index contributed by atoms with van der Waals surface area (Å²) in [5, 5.41) is 6.31. The second-order valence-electron chi connectivity index (χ2n) is 4.09. The van der Waals surface area contributed by atoms with Crippen LogP contribution in [-0.2, 0) is 0 Å². The van der Waals surface area contributed by atoms with E-state index in [2.05, 4.69) is 58.9 Å². The Kier molecular flexibility index (Phi) is 5.49. The summed E-state index contributed by atoms with van der Waals surface area (Å²) < 4.78 is 0. The summed E-state index contributed by atoms with van der Waals surface area (Å²) in [5.74, 6) is 0.813. The van der Waals surface area contributed by atoms with Gasteiger partial charge in [0.1, 0.15) is 0 Å². The Bertz CT molecular complexity index is 346. The van der Waals surface area contributed by atoms with Crippen molar-refractivity contribution in [3.63, 3.8) is 0 Å². The summed E-state index contributed by atoms with van der Waals surface area (Å²) in [4.78, 5) is 6.31. The van der Waals surface area contributed by atoms with E-state index in [9.17, 15) is 0 Å². The summed E-state index contributed by atoms with van der Waals surface area (Å²) in [6.45, 7) is 0.824. The molecular formula is C13H22N4. The van der Waals surface area contributed by atoms with Crippen LogP contribution in [0.5, 0.6) is 0 Å². The molecule has 17 heavy (non-hydrogen) atoms. The maximum Gasteiger partial charge on any atom is 0.190 e. The maximum absolute atomic E-state index is 4.11. The van der Waals surface area contributed by atoms with Crippen molar-refractivity contribution in [3.8, 4) is 0 Å². The summed E-state index contributed by atoms with van der Waals surface area (Å²) >= 11 is 0. The molecule has 0 aromatic heterocycles. The average Bonchev–Trinajstić information content (AvgIpc) is 2.35. The number of nitrogens with one attached hydrogen (secondary N) is 2. The Morgan fingerprint density at radius 1 is 1.29 bits per heavy atom. The molecule has 4 heteroatoms. The molecule has 0 saturated carbocycles. The van der Waals surface area contributed by atoms with E-state index in [-0.39, 0.29) is 0 Å². The van der Waals surface area contributed by atoms with Gasteiger partial charge in [0.25, 0.3) is 0 Å². The van der Waals surface area contributed by atoms with Gasteiger partial charge >= 0.3 is 0 Å². The van der Waals surface area contributed by atoms with E-state index in [1.54, 1.807) is 7.05 Å². The van der Waals surface area contributed by atoms with E-state index in [1.807, 2.05) is 13.1 Å². The minimum absolute atomic E-state index is 0.335. The average molecular weight is 234 g/mol. The van der Waals surface area contributed by atoms with Crippen molar-refractivity contribution in [1.29, 1.82) is 0 Å². The van der Waals surface area contributed by atoms with Crippen LogP contribution in [0.25, 0.3) is 0 Å². The van der Waals surface area contributed by atoms with Gasteiger partial charge < -0.3 is 15.5 Å². The van der Waals surface area contributed by atoms with E-state index >= 15 is 0 Å². The molecule has 1 aromatic carbocycles. The first-order valence-corrected chi connectivity index (χ1v) is 5.78. The summed E-state index contributed by atoms with van der Waals surface area (Å²) in [7, 11) is 7.80. The number of rotatable bonds is 4. The highest BCUT2D eigenvalue weighted by atomic mass is 15.2. The molecule has 0 amide bonds. The largest absolute Gasteiger partial charge is 0.359 e. The van der Waals surface area contributed by atoms with Gasteiger partial charge in [0, 0.05) is 20.6 Å². The quantitative estimate of drug-likeness (QED) is 0.605. The smallest absolute Gasteiger partial charge is 0.190 e. The molecule has 1 aromatic rings. The normalized spacial score (nSPS) is 13.6. The van der Waals surface area contributed by atoms with Crippen LogP contribution in [0.2, 0.25) is 0 Å². The Balaban J connectivity index is 2.68. The van der Waals surface area contributed by atoms with E-state index in [0.29, 0.717) is 6.04 Å². The standard InChI is InChI=1S/C13H22N4/c1-14-13(15-2)16-10-12(17(3)4)11-8-6-5-7-9-11/h5-9,12H,10H2,1-4H3,(H2,14,15,16). The van der Waals surface area contributed by atoms with Crippen molar-refractivity contribution in [2.45, 2.75) is 6.04 Å². The molecule has 1 unspecified atom stereocenters. The molecule has 0 aliphatic rings. The molecule has 1 atom stereocenters. The minimum Gasteiger partial charge on any atom is -0.359 e. The third kappa shape index (κ3) is 4.07. The third-order valence-corrected chi connectivity index (χ3v) is 2.73. The fraction of sp³-hybridized carbons (Fsp3) is 0.462. The van der Waals surface area contributed by atoms with Gasteiger partial charge in [-0.1, -0.05) is 30.3 Å². The first kappa shape index (κ1) is 13.5. The molecule has 2 N–H and O–H groups in total. The predicted molar refractivity (Wildman–Crippen MR) is 73.3 cm³/mol. The number of guanidine groups is 1. The molecule has 4 nitrogen and oxygen atoms in total. The third-order valence-electron chi connectivity index (χ3n) is 2.73. The van der Waals surface area contributed by atoms with Crippen LogP contribution in [0.3, 0.4) is 0 Å². The summed E-state index contributed by atoms with van der Waals surface area (Å²) in [5.41, 5.74) is 1.30. The van der Waals surface area contributed by atoms with E-state index in [0.717, 1.165) is 12.5 Å². The van der Waals surface area contributed by atoms with Crippen LogP contribution < -0.4 is 10.6 Å². The van der Waals surface area contributed by atoms with Crippen molar-refractivity contribution >= 4 is 5.96 Å². The number of aliphatic imine (C=N–C) groups is 1. The van der Waals surface area contributed by atoms with Gasteiger partial charge in [-0.25, -0.2) is 0 Å². The molecule has 1 rings (SSSR count). The van der Waals surface area contributed by atoms with Crippen LogP contribution in [-0.4, -0.2) is 45.6 Å². The highest BCUT2D eigenvalue weighted by molar-refractivity contribution is 5.79. The van der Waals surface area contributed by atoms with Crippen LogP contribution in [0, 0.1) is 0 Å². The predicted octanol–water partition coefficient (Wildman–Crippen LogP) is 1.08. The van der Waals surface area contributed by atoms with Gasteiger partial charge in [0.2, 0.25) is 0 Å². The maximum atomic E-state index is 4.11. The van der Waals surface area contributed by atoms with Gasteiger partial charge in [-0.15, -0.1) is 0 Å². The van der Waals surface area contributed by atoms with Crippen LogP contribution >= 0.6 is 0 Å². The van der Waals surface area contributed by atoms with Gasteiger partial charge in [-0.3, -0.25) is 4.99 Å². The molecule has 0 aliphatic heterocycles. The van der Waals surface area contributed by atoms with Gasteiger partial charge in [0.05, 0.1) is 6.04 Å². The van der Waals surface area contributed by atoms with Gasteiger partial charge in [-0.2, -0.15) is 0 Å². The van der Waals surface area contributed by atoms with Crippen molar-refractivity contribution in [2.24, 2.45) is 4.99 Å². The Morgan fingerprint density at radius 3 is 2.41 bits per heavy atom. The SMILES string of the molecule is CN=C(NC)NCC(c1ccccc1)N(C)C. The van der Waals surface area contributed by atoms with Crippen LogP contribution in [0.15, 0.2) is 35.3 Å². The van der Waals surface area contributed by atoms with Crippen LogP contribution in [0.4, 0.5) is 0 Å². The summed E-state index contributed by atoms with van der Waals surface area (Å²) in [6.07, 6.45) is 0. The minimum atomic E-state index is 0.335. The lowest BCUT2D eigenvalue weighted by atomic mass is 10.1. The fourth-order valence-corrected chi connectivity index (χ4v) is 1.75. The first-order valence-electron chi connectivity index (χ1n) is 5.78. The number of benzene rings is 1. The van der Waals surface area contributed by atoms with E-state index in [4.69, 9.17) is 0 Å². The van der Waals surface area contributed by atoms with E-state index in [1.165, 1.54) is 5.56 Å². The van der Waals surface area contributed by atoms with Crippen molar-refractivity contribution < 1.29 is 0 Å². The zero-order chi connectivity index (χ0) is 12.7. The number of hydrogen-bond acceptors (Lipinski definition) is 2. The second-order valence-corrected chi connectivity index (χ2v) is 4.09. The molecule has 94 valence electrons. The van der Waals surface area contributed by atoms with Gasteiger partial charge in [-0.05, 0) is 19.7 Å².